The fraction of sp³-hybridized carbons (Fsp3) is 0.682. The molecule has 182 valence electrons. The molecule has 3 N–H and O–H groups in total. The van der Waals surface area contributed by atoms with Crippen molar-refractivity contribution >= 4 is 11.6 Å². The molecule has 1 unspecified atom stereocenters. The topological polar surface area (TPSA) is 61.4 Å². The smallest absolute Gasteiger partial charge is 0.391 e. The summed E-state index contributed by atoms with van der Waals surface area (Å²) in [7, 11) is 0. The highest BCUT2D eigenvalue weighted by atomic mass is 19.4. The standard InChI is InChI=1S/C22H30F6N2O2/c1-20(2,3)18(31)12-29-16-6-4-13(5-7-16)8-19(32)30-17-10-14(21(23,24)25)9-15(11-17)22(26,27)28/h9-11,13,16,18,29,31H,4-8,12H2,1-3H3,(H,30,32). The summed E-state index contributed by atoms with van der Waals surface area (Å²) in [5.41, 5.74) is -3.69. The molecule has 32 heavy (non-hydrogen) atoms. The van der Waals surface area contributed by atoms with Crippen LogP contribution in [-0.4, -0.2) is 29.7 Å². The van der Waals surface area contributed by atoms with Crippen molar-refractivity contribution in [2.24, 2.45) is 11.3 Å². The van der Waals surface area contributed by atoms with Gasteiger partial charge in [0.1, 0.15) is 0 Å². The Labute approximate surface area is 183 Å². The van der Waals surface area contributed by atoms with Crippen LogP contribution in [-0.2, 0) is 17.1 Å². The normalized spacial score (nSPS) is 21.3. The molecule has 1 amide bonds. The number of hydrogen-bond acceptors (Lipinski definition) is 3. The number of amides is 1. The molecule has 1 aliphatic rings. The second-order valence-electron chi connectivity index (χ2n) is 9.55. The number of aliphatic hydroxyl groups excluding tert-OH is 1. The third-order valence-electron chi connectivity index (χ3n) is 5.79. The van der Waals surface area contributed by atoms with Gasteiger partial charge in [0.2, 0.25) is 5.91 Å². The van der Waals surface area contributed by atoms with E-state index in [2.05, 4.69) is 10.6 Å². The maximum absolute atomic E-state index is 13.0. The second-order valence-corrected chi connectivity index (χ2v) is 9.55. The fourth-order valence-electron chi connectivity index (χ4n) is 3.66. The Morgan fingerprint density at radius 1 is 0.969 bits per heavy atom. The van der Waals surface area contributed by atoms with E-state index in [0.717, 1.165) is 12.8 Å². The minimum Gasteiger partial charge on any atom is -0.391 e. The van der Waals surface area contributed by atoms with Gasteiger partial charge in [0.15, 0.2) is 0 Å². The van der Waals surface area contributed by atoms with Gasteiger partial charge < -0.3 is 15.7 Å². The van der Waals surface area contributed by atoms with Crippen molar-refractivity contribution in [3.8, 4) is 0 Å². The number of nitrogens with one attached hydrogen (secondary N) is 2. The molecule has 0 heterocycles. The van der Waals surface area contributed by atoms with Crippen molar-refractivity contribution in [3.05, 3.63) is 29.3 Å². The number of alkyl halides is 6. The van der Waals surface area contributed by atoms with E-state index in [9.17, 15) is 36.2 Å². The first-order chi connectivity index (χ1) is 14.6. The van der Waals surface area contributed by atoms with Gasteiger partial charge >= 0.3 is 12.4 Å². The molecule has 0 aromatic heterocycles. The summed E-state index contributed by atoms with van der Waals surface area (Å²) in [5.74, 6) is -0.620. The lowest BCUT2D eigenvalue weighted by Gasteiger charge is -2.32. The number of carbonyl (C=O) groups excluding carboxylic acids is 1. The van der Waals surface area contributed by atoms with Crippen LogP contribution in [0.25, 0.3) is 0 Å². The average molecular weight is 468 g/mol. The van der Waals surface area contributed by atoms with Crippen LogP contribution < -0.4 is 10.6 Å². The number of rotatable bonds is 6. The molecule has 0 bridgehead atoms. The number of benzene rings is 1. The van der Waals surface area contributed by atoms with Crippen molar-refractivity contribution < 1.29 is 36.2 Å². The Morgan fingerprint density at radius 2 is 1.47 bits per heavy atom. The Hall–Kier alpha value is -1.81. The van der Waals surface area contributed by atoms with Crippen LogP contribution in [0.15, 0.2) is 18.2 Å². The van der Waals surface area contributed by atoms with Gasteiger partial charge in [-0.05, 0) is 55.2 Å². The van der Waals surface area contributed by atoms with Gasteiger partial charge in [0.05, 0.1) is 17.2 Å². The predicted octanol–water partition coefficient (Wildman–Crippen LogP) is 5.61. The van der Waals surface area contributed by atoms with Crippen LogP contribution in [0.4, 0.5) is 32.0 Å². The molecular formula is C22H30F6N2O2. The van der Waals surface area contributed by atoms with E-state index < -0.39 is 41.2 Å². The van der Waals surface area contributed by atoms with Crippen LogP contribution in [0.2, 0.25) is 0 Å². The summed E-state index contributed by atoms with van der Waals surface area (Å²) in [6.07, 6.45) is -7.46. The molecule has 1 aromatic rings. The Kier molecular flexibility index (Phi) is 8.25. The first-order valence-corrected chi connectivity index (χ1v) is 10.6. The van der Waals surface area contributed by atoms with E-state index in [1.165, 1.54) is 0 Å². The van der Waals surface area contributed by atoms with E-state index in [-0.39, 0.29) is 29.9 Å². The van der Waals surface area contributed by atoms with E-state index in [0.29, 0.717) is 31.5 Å². The summed E-state index contributed by atoms with van der Waals surface area (Å²) in [4.78, 5) is 12.3. The summed E-state index contributed by atoms with van der Waals surface area (Å²) < 4.78 is 77.8. The summed E-state index contributed by atoms with van der Waals surface area (Å²) in [6, 6.07) is 1.24. The van der Waals surface area contributed by atoms with E-state index in [4.69, 9.17) is 0 Å². The minimum atomic E-state index is -4.97. The third-order valence-corrected chi connectivity index (χ3v) is 5.79. The van der Waals surface area contributed by atoms with Gasteiger partial charge in [-0.3, -0.25) is 4.79 Å². The lowest BCUT2D eigenvalue weighted by atomic mass is 9.83. The highest BCUT2D eigenvalue weighted by Gasteiger charge is 2.37. The number of aliphatic hydroxyl groups is 1. The Morgan fingerprint density at radius 3 is 1.91 bits per heavy atom. The summed E-state index contributed by atoms with van der Waals surface area (Å²) in [6.45, 7) is 6.28. The highest BCUT2D eigenvalue weighted by Crippen LogP contribution is 2.37. The number of hydrogen-bond donors (Lipinski definition) is 3. The Balaban J connectivity index is 1.91. The molecule has 4 nitrogen and oxygen atoms in total. The van der Waals surface area contributed by atoms with Crippen molar-refractivity contribution in [2.75, 3.05) is 11.9 Å². The fourth-order valence-corrected chi connectivity index (χ4v) is 3.66. The van der Waals surface area contributed by atoms with Gasteiger partial charge in [0, 0.05) is 24.7 Å². The van der Waals surface area contributed by atoms with Crippen molar-refractivity contribution in [1.82, 2.24) is 5.32 Å². The van der Waals surface area contributed by atoms with E-state index >= 15 is 0 Å². The molecule has 1 saturated carbocycles. The average Bonchev–Trinajstić information content (AvgIpc) is 2.64. The lowest BCUT2D eigenvalue weighted by Crippen LogP contribution is -2.42. The van der Waals surface area contributed by atoms with Crippen LogP contribution >= 0.6 is 0 Å². The number of halogens is 6. The zero-order valence-electron chi connectivity index (χ0n) is 18.3. The van der Waals surface area contributed by atoms with Crippen LogP contribution in [0.5, 0.6) is 0 Å². The zero-order chi connectivity index (χ0) is 24.3. The van der Waals surface area contributed by atoms with Crippen molar-refractivity contribution in [3.63, 3.8) is 0 Å². The molecule has 0 radical (unpaired) electrons. The van der Waals surface area contributed by atoms with Crippen molar-refractivity contribution in [1.29, 1.82) is 0 Å². The Bertz CT molecular complexity index is 746. The molecule has 1 aliphatic carbocycles. The van der Waals surface area contributed by atoms with Crippen LogP contribution in [0, 0.1) is 11.3 Å². The molecule has 1 atom stereocenters. The van der Waals surface area contributed by atoms with E-state index in [1.807, 2.05) is 20.8 Å². The summed E-state index contributed by atoms with van der Waals surface area (Å²) >= 11 is 0. The first kappa shape index (κ1) is 26.4. The highest BCUT2D eigenvalue weighted by molar-refractivity contribution is 5.91. The maximum atomic E-state index is 13.0. The first-order valence-electron chi connectivity index (χ1n) is 10.6. The van der Waals surface area contributed by atoms with E-state index in [1.54, 1.807) is 0 Å². The van der Waals surface area contributed by atoms with Crippen molar-refractivity contribution in [2.45, 2.75) is 77.4 Å². The van der Waals surface area contributed by atoms with Gasteiger partial charge in [-0.15, -0.1) is 0 Å². The SMILES string of the molecule is CC(C)(C)C(O)CNC1CCC(CC(=O)Nc2cc(C(F)(F)F)cc(C(F)(F)F)c2)CC1. The molecule has 1 fully saturated rings. The maximum Gasteiger partial charge on any atom is 0.416 e. The molecular weight excluding hydrogens is 438 g/mol. The second kappa shape index (κ2) is 9.99. The van der Waals surface area contributed by atoms with Gasteiger partial charge in [-0.25, -0.2) is 0 Å². The minimum absolute atomic E-state index is 0.00604. The summed E-state index contributed by atoms with van der Waals surface area (Å²) in [5, 5.41) is 15.6. The largest absolute Gasteiger partial charge is 0.416 e. The van der Waals surface area contributed by atoms with Gasteiger partial charge in [0.25, 0.3) is 0 Å². The monoisotopic (exact) mass is 468 g/mol. The molecule has 1 aromatic carbocycles. The predicted molar refractivity (Wildman–Crippen MR) is 109 cm³/mol. The molecule has 0 saturated heterocycles. The van der Waals surface area contributed by atoms with Crippen LogP contribution in [0.1, 0.15) is 64.0 Å². The van der Waals surface area contributed by atoms with Gasteiger partial charge in [-0.2, -0.15) is 26.3 Å². The third kappa shape index (κ3) is 7.95. The molecule has 0 aliphatic heterocycles. The zero-order valence-corrected chi connectivity index (χ0v) is 18.3. The molecule has 0 spiro atoms. The molecule has 10 heteroatoms. The number of carbonyl (C=O) groups is 1. The van der Waals surface area contributed by atoms with Gasteiger partial charge in [-0.1, -0.05) is 20.8 Å². The quantitative estimate of drug-likeness (QED) is 0.476. The molecule has 2 rings (SSSR count). The van der Waals surface area contributed by atoms with Crippen LogP contribution in [0.3, 0.4) is 0 Å². The lowest BCUT2D eigenvalue weighted by molar-refractivity contribution is -0.143. The number of anilines is 1.